The van der Waals surface area contributed by atoms with Crippen LogP contribution < -0.4 is 5.32 Å². The maximum absolute atomic E-state index is 10.2. The Hall–Kier alpha value is -1.35. The molecule has 1 rings (SSSR count). The van der Waals surface area contributed by atoms with Crippen molar-refractivity contribution in [1.29, 1.82) is 0 Å². The summed E-state index contributed by atoms with van der Waals surface area (Å²) in [5.41, 5.74) is 1.73. The summed E-state index contributed by atoms with van der Waals surface area (Å²) < 4.78 is 4.54. The molecule has 1 aromatic carbocycles. The molecule has 0 bridgehead atoms. The standard InChI is InChI=1S/C8H9NO.C3H8O/c1-9-8-4-2-7(6-10)3-5-8;1-3-4-2/h2-6,9H,1H3;3H2,1-2H3. The summed E-state index contributed by atoms with van der Waals surface area (Å²) in [5, 5.41) is 2.96. The number of carbonyl (C=O) groups is 1. The first-order chi connectivity index (χ1) is 6.78. The number of anilines is 1. The predicted molar refractivity (Wildman–Crippen MR) is 58.9 cm³/mol. The van der Waals surface area contributed by atoms with Crippen molar-refractivity contribution >= 4 is 12.0 Å². The number of hydrogen-bond donors (Lipinski definition) is 1. The van der Waals surface area contributed by atoms with E-state index < -0.39 is 0 Å². The molecule has 14 heavy (non-hydrogen) atoms. The molecule has 0 heterocycles. The maximum Gasteiger partial charge on any atom is 0.150 e. The lowest BCUT2D eigenvalue weighted by atomic mass is 10.2. The Balaban J connectivity index is 0.000000364. The van der Waals surface area contributed by atoms with Gasteiger partial charge in [0.15, 0.2) is 0 Å². The van der Waals surface area contributed by atoms with E-state index in [1.165, 1.54) is 0 Å². The Morgan fingerprint density at radius 3 is 2.14 bits per heavy atom. The van der Waals surface area contributed by atoms with Crippen LogP contribution in [0.15, 0.2) is 24.3 Å². The van der Waals surface area contributed by atoms with Gasteiger partial charge in [0.1, 0.15) is 6.29 Å². The average molecular weight is 195 g/mol. The van der Waals surface area contributed by atoms with Crippen LogP contribution >= 0.6 is 0 Å². The number of ether oxygens (including phenoxy) is 1. The van der Waals surface area contributed by atoms with E-state index >= 15 is 0 Å². The van der Waals surface area contributed by atoms with E-state index in [-0.39, 0.29) is 0 Å². The van der Waals surface area contributed by atoms with Gasteiger partial charge in [-0.1, -0.05) is 0 Å². The molecule has 1 N–H and O–H groups in total. The van der Waals surface area contributed by atoms with Gasteiger partial charge in [-0.05, 0) is 31.2 Å². The fraction of sp³-hybridized carbons (Fsp3) is 0.364. The Bertz CT molecular complexity index is 242. The first-order valence-electron chi connectivity index (χ1n) is 4.50. The van der Waals surface area contributed by atoms with E-state index in [2.05, 4.69) is 10.1 Å². The molecule has 0 amide bonds. The van der Waals surface area contributed by atoms with Gasteiger partial charge in [0.25, 0.3) is 0 Å². The molecule has 0 aliphatic heterocycles. The molecular formula is C11H17NO2. The van der Waals surface area contributed by atoms with Crippen LogP contribution in [0, 0.1) is 0 Å². The Labute approximate surface area is 85.1 Å². The van der Waals surface area contributed by atoms with Gasteiger partial charge in [-0.2, -0.15) is 0 Å². The predicted octanol–water partition coefficient (Wildman–Crippen LogP) is 2.19. The van der Waals surface area contributed by atoms with E-state index in [0.29, 0.717) is 5.56 Å². The van der Waals surface area contributed by atoms with Crippen molar-refractivity contribution in [3.05, 3.63) is 29.8 Å². The summed E-state index contributed by atoms with van der Waals surface area (Å²) in [7, 11) is 3.52. The van der Waals surface area contributed by atoms with Crippen LogP contribution in [0.25, 0.3) is 0 Å². The average Bonchev–Trinajstić information content (AvgIpc) is 2.29. The summed E-state index contributed by atoms with van der Waals surface area (Å²) in [6.45, 7) is 2.78. The number of methoxy groups -OCH3 is 1. The van der Waals surface area contributed by atoms with Gasteiger partial charge in [0, 0.05) is 32.0 Å². The highest BCUT2D eigenvalue weighted by Gasteiger charge is 1.87. The van der Waals surface area contributed by atoms with Crippen molar-refractivity contribution < 1.29 is 9.53 Å². The molecule has 0 aromatic heterocycles. The van der Waals surface area contributed by atoms with E-state index in [9.17, 15) is 4.79 Å². The summed E-state index contributed by atoms with van der Waals surface area (Å²) in [4.78, 5) is 10.2. The van der Waals surface area contributed by atoms with Crippen LogP contribution in [0.1, 0.15) is 17.3 Å². The number of carbonyl (C=O) groups excluding carboxylic acids is 1. The van der Waals surface area contributed by atoms with Crippen LogP contribution in [0.2, 0.25) is 0 Å². The van der Waals surface area contributed by atoms with Gasteiger partial charge in [-0.25, -0.2) is 0 Å². The summed E-state index contributed by atoms with van der Waals surface area (Å²) in [6.07, 6.45) is 0.833. The largest absolute Gasteiger partial charge is 0.388 e. The van der Waals surface area contributed by atoms with Crippen LogP contribution in [0.4, 0.5) is 5.69 Å². The smallest absolute Gasteiger partial charge is 0.150 e. The van der Waals surface area contributed by atoms with Crippen molar-refractivity contribution in [3.63, 3.8) is 0 Å². The zero-order valence-electron chi connectivity index (χ0n) is 8.91. The second-order valence-electron chi connectivity index (χ2n) is 2.57. The summed E-state index contributed by atoms with van der Waals surface area (Å²) in [5.74, 6) is 0. The Kier molecular flexibility index (Phi) is 7.46. The molecule has 0 aliphatic carbocycles. The van der Waals surface area contributed by atoms with Gasteiger partial charge >= 0.3 is 0 Å². The van der Waals surface area contributed by atoms with Gasteiger partial charge in [-0.15, -0.1) is 0 Å². The number of hydrogen-bond acceptors (Lipinski definition) is 3. The van der Waals surface area contributed by atoms with Crippen LogP contribution in [-0.2, 0) is 4.74 Å². The topological polar surface area (TPSA) is 38.3 Å². The van der Waals surface area contributed by atoms with Crippen LogP contribution in [0.5, 0.6) is 0 Å². The van der Waals surface area contributed by atoms with Crippen LogP contribution in [0.3, 0.4) is 0 Å². The van der Waals surface area contributed by atoms with Gasteiger partial charge in [-0.3, -0.25) is 4.79 Å². The van der Waals surface area contributed by atoms with Crippen molar-refractivity contribution in [2.24, 2.45) is 0 Å². The highest BCUT2D eigenvalue weighted by atomic mass is 16.5. The molecule has 0 unspecified atom stereocenters. The zero-order chi connectivity index (χ0) is 10.8. The lowest BCUT2D eigenvalue weighted by Gasteiger charge is -1.97. The SMILES string of the molecule is CCOC.CNc1ccc(C=O)cc1. The minimum atomic E-state index is 0.707. The molecule has 0 spiro atoms. The minimum Gasteiger partial charge on any atom is -0.388 e. The molecule has 0 saturated heterocycles. The highest BCUT2D eigenvalue weighted by molar-refractivity contribution is 5.75. The molecule has 78 valence electrons. The quantitative estimate of drug-likeness (QED) is 0.751. The molecule has 0 fully saturated rings. The summed E-state index contributed by atoms with van der Waals surface area (Å²) in [6, 6.07) is 7.28. The van der Waals surface area contributed by atoms with Gasteiger partial charge in [0.2, 0.25) is 0 Å². The van der Waals surface area contributed by atoms with Gasteiger partial charge < -0.3 is 10.1 Å². The first kappa shape index (κ1) is 12.7. The number of rotatable bonds is 3. The molecule has 3 nitrogen and oxygen atoms in total. The van der Waals surface area contributed by atoms with Crippen molar-refractivity contribution in [3.8, 4) is 0 Å². The minimum absolute atomic E-state index is 0.707. The highest BCUT2D eigenvalue weighted by Crippen LogP contribution is 2.05. The molecule has 0 saturated carbocycles. The maximum atomic E-state index is 10.2. The normalized spacial score (nSPS) is 8.50. The number of benzene rings is 1. The third-order valence-electron chi connectivity index (χ3n) is 1.62. The molecular weight excluding hydrogens is 178 g/mol. The van der Waals surface area contributed by atoms with E-state index in [4.69, 9.17) is 0 Å². The molecule has 0 aliphatic rings. The van der Waals surface area contributed by atoms with Crippen LogP contribution in [-0.4, -0.2) is 27.1 Å². The third-order valence-corrected chi connectivity index (χ3v) is 1.62. The lowest BCUT2D eigenvalue weighted by molar-refractivity contribution is 0.112. The third kappa shape index (κ3) is 5.32. The molecule has 0 atom stereocenters. The van der Waals surface area contributed by atoms with E-state index in [1.807, 2.05) is 26.1 Å². The second-order valence-corrected chi connectivity index (χ2v) is 2.57. The second kappa shape index (κ2) is 8.26. The first-order valence-corrected chi connectivity index (χ1v) is 4.50. The Morgan fingerprint density at radius 2 is 1.86 bits per heavy atom. The number of nitrogens with one attached hydrogen (secondary N) is 1. The lowest BCUT2D eigenvalue weighted by Crippen LogP contribution is -1.87. The number of aldehydes is 1. The van der Waals surface area contributed by atoms with Gasteiger partial charge in [0.05, 0.1) is 0 Å². The molecule has 1 aromatic rings. The van der Waals surface area contributed by atoms with E-state index in [0.717, 1.165) is 18.6 Å². The fourth-order valence-electron chi connectivity index (χ4n) is 0.728. The van der Waals surface area contributed by atoms with Crippen molar-refractivity contribution in [1.82, 2.24) is 0 Å². The van der Waals surface area contributed by atoms with E-state index in [1.54, 1.807) is 19.2 Å². The summed E-state index contributed by atoms with van der Waals surface area (Å²) >= 11 is 0. The monoisotopic (exact) mass is 195 g/mol. The fourth-order valence-corrected chi connectivity index (χ4v) is 0.728. The van der Waals surface area contributed by atoms with Crippen molar-refractivity contribution in [2.75, 3.05) is 26.1 Å². The zero-order valence-corrected chi connectivity index (χ0v) is 8.91. The molecule has 3 heteroatoms. The molecule has 0 radical (unpaired) electrons. The Morgan fingerprint density at radius 1 is 1.36 bits per heavy atom. The van der Waals surface area contributed by atoms with Crippen molar-refractivity contribution in [2.45, 2.75) is 6.92 Å².